The summed E-state index contributed by atoms with van der Waals surface area (Å²) in [7, 11) is 0. The maximum atomic E-state index is 10.8. The third-order valence-corrected chi connectivity index (χ3v) is 6.34. The zero-order chi connectivity index (χ0) is 10.6. The molecule has 4 nitrogen and oxygen atoms in total. The molecule has 5 fully saturated rings. The first kappa shape index (κ1) is 8.09. The number of nitrogens with zero attached hydrogens (tertiary/aromatic N) is 1. The third kappa shape index (κ3) is 0.590. The van der Waals surface area contributed by atoms with Gasteiger partial charge in [-0.15, -0.1) is 0 Å². The molecule has 5 saturated carbocycles. The zero-order valence-electron chi connectivity index (χ0n) is 8.97. The molecule has 2 bridgehead atoms. The molecule has 0 heterocycles. The van der Waals surface area contributed by atoms with Crippen molar-refractivity contribution < 1.29 is 4.79 Å². The van der Waals surface area contributed by atoms with Gasteiger partial charge in [0.2, 0.25) is 0 Å². The van der Waals surface area contributed by atoms with Crippen molar-refractivity contribution in [2.24, 2.45) is 58.2 Å². The number of hydrogen-bond acceptors (Lipinski definition) is 2. The van der Waals surface area contributed by atoms with Crippen LogP contribution in [0.3, 0.4) is 0 Å². The van der Waals surface area contributed by atoms with E-state index in [-0.39, 0.29) is 0 Å². The summed E-state index contributed by atoms with van der Waals surface area (Å²) in [6, 6.07) is -0.522. The largest absolute Gasteiger partial charge is 0.350 e. The summed E-state index contributed by atoms with van der Waals surface area (Å²) in [5.74, 6) is 7.16. The molecular formula is C12H15N3O. The lowest BCUT2D eigenvalue weighted by atomic mass is 9.59. The van der Waals surface area contributed by atoms with Gasteiger partial charge in [-0.3, -0.25) is 0 Å². The number of nitrogens with one attached hydrogen (secondary N) is 1. The predicted molar refractivity (Wildman–Crippen MR) is 57.3 cm³/mol. The topological polar surface area (TPSA) is 67.5 Å². The van der Waals surface area contributed by atoms with Crippen LogP contribution in [0.1, 0.15) is 12.8 Å². The summed E-state index contributed by atoms with van der Waals surface area (Å²) < 4.78 is 0. The second-order valence-electron chi connectivity index (χ2n) is 6.35. The first-order chi connectivity index (χ1) is 7.77. The van der Waals surface area contributed by atoms with Gasteiger partial charge in [0, 0.05) is 17.5 Å². The van der Waals surface area contributed by atoms with E-state index < -0.39 is 6.03 Å². The normalized spacial score (nSPS) is 64.4. The molecule has 0 aromatic rings. The Labute approximate surface area is 93.6 Å². The highest BCUT2D eigenvalue weighted by molar-refractivity contribution is 5.96. The van der Waals surface area contributed by atoms with Crippen molar-refractivity contribution in [3.8, 4) is 0 Å². The summed E-state index contributed by atoms with van der Waals surface area (Å²) in [5.41, 5.74) is 8.87. The first-order valence-corrected chi connectivity index (χ1v) is 6.40. The van der Waals surface area contributed by atoms with Crippen molar-refractivity contribution in [3.05, 3.63) is 0 Å². The van der Waals surface area contributed by atoms with E-state index in [4.69, 9.17) is 5.73 Å². The quantitative estimate of drug-likeness (QED) is 0.626. The van der Waals surface area contributed by atoms with E-state index in [0.717, 1.165) is 41.4 Å². The van der Waals surface area contributed by atoms with Gasteiger partial charge in [-0.2, -0.15) is 5.10 Å². The van der Waals surface area contributed by atoms with Gasteiger partial charge >= 0.3 is 6.03 Å². The molecule has 0 aromatic carbocycles. The van der Waals surface area contributed by atoms with Crippen LogP contribution in [0.5, 0.6) is 0 Å². The standard InChI is InChI=1S/C12H15N3O/c13-12(16)15-14-11-8-4-2-5-7-3(4)1-6(8)9(7)10(5)11/h3-10H,1-2H2,(H3,13,15,16)/b14-11-/t3-,4-,5-,6+,7-,8-,9+,10+/m1/s1. The molecule has 4 heteroatoms. The van der Waals surface area contributed by atoms with E-state index in [1.54, 1.807) is 0 Å². The van der Waals surface area contributed by atoms with Crippen LogP contribution in [-0.4, -0.2) is 11.7 Å². The minimum atomic E-state index is -0.522. The summed E-state index contributed by atoms with van der Waals surface area (Å²) in [6.07, 6.45) is 2.90. The number of carbonyl (C=O) groups is 1. The van der Waals surface area contributed by atoms with Crippen LogP contribution < -0.4 is 11.2 Å². The molecule has 5 aliphatic carbocycles. The van der Waals surface area contributed by atoms with E-state index in [1.165, 1.54) is 18.6 Å². The molecule has 0 radical (unpaired) electrons. The Hall–Kier alpha value is -1.06. The van der Waals surface area contributed by atoms with Crippen LogP contribution in [-0.2, 0) is 0 Å². The number of hydrogen-bond donors (Lipinski definition) is 2. The SMILES string of the molecule is NC(=O)N/N=C1/[C@@H]2[C@@H]3C[C@H]4[C@H]1[C@H]1[C@H]2C[C@H]3[C@H]41. The molecule has 0 aliphatic heterocycles. The number of fused-ring (bicyclic) bond motifs is 2. The van der Waals surface area contributed by atoms with Crippen molar-refractivity contribution in [2.45, 2.75) is 12.8 Å². The molecule has 5 aliphatic rings. The minimum absolute atomic E-state index is 0.522. The number of urea groups is 1. The van der Waals surface area contributed by atoms with Crippen molar-refractivity contribution in [3.63, 3.8) is 0 Å². The molecule has 0 aromatic heterocycles. The van der Waals surface area contributed by atoms with E-state index in [2.05, 4.69) is 10.5 Å². The number of carbonyl (C=O) groups excluding carboxylic acids is 1. The van der Waals surface area contributed by atoms with Crippen LogP contribution in [0.25, 0.3) is 0 Å². The number of amides is 2. The van der Waals surface area contributed by atoms with Gasteiger partial charge < -0.3 is 5.73 Å². The summed E-state index contributed by atoms with van der Waals surface area (Å²) in [6.45, 7) is 0. The fourth-order valence-corrected chi connectivity index (χ4v) is 6.40. The highest BCUT2D eigenvalue weighted by Gasteiger charge is 2.79. The zero-order valence-corrected chi connectivity index (χ0v) is 8.97. The number of rotatable bonds is 1. The van der Waals surface area contributed by atoms with Crippen LogP contribution in [0.2, 0.25) is 0 Å². The van der Waals surface area contributed by atoms with Gasteiger partial charge in [-0.05, 0) is 48.3 Å². The fraction of sp³-hybridized carbons (Fsp3) is 0.833. The van der Waals surface area contributed by atoms with E-state index in [9.17, 15) is 4.79 Å². The average molecular weight is 217 g/mol. The monoisotopic (exact) mass is 217 g/mol. The van der Waals surface area contributed by atoms with Crippen molar-refractivity contribution >= 4 is 11.7 Å². The first-order valence-electron chi connectivity index (χ1n) is 6.40. The lowest BCUT2D eigenvalue weighted by Crippen LogP contribution is -2.44. The highest BCUT2D eigenvalue weighted by atomic mass is 16.2. The molecule has 0 unspecified atom stereocenters. The van der Waals surface area contributed by atoms with Gasteiger partial charge in [0.15, 0.2) is 0 Å². The predicted octanol–water partition coefficient (Wildman–Crippen LogP) is 0.788. The van der Waals surface area contributed by atoms with Crippen molar-refractivity contribution in [2.75, 3.05) is 0 Å². The van der Waals surface area contributed by atoms with Gasteiger partial charge in [-0.25, -0.2) is 10.2 Å². The maximum absolute atomic E-state index is 10.8. The second-order valence-corrected chi connectivity index (χ2v) is 6.35. The lowest BCUT2D eigenvalue weighted by Gasteiger charge is -2.44. The van der Waals surface area contributed by atoms with Gasteiger partial charge in [0.25, 0.3) is 0 Å². The number of nitrogens with two attached hydrogens (primary N) is 1. The minimum Gasteiger partial charge on any atom is -0.350 e. The third-order valence-electron chi connectivity index (χ3n) is 6.34. The molecular weight excluding hydrogens is 202 g/mol. The van der Waals surface area contributed by atoms with Gasteiger partial charge in [-0.1, -0.05) is 0 Å². The Morgan fingerprint density at radius 1 is 1.12 bits per heavy atom. The van der Waals surface area contributed by atoms with E-state index in [1.807, 2.05) is 0 Å². The molecule has 5 rings (SSSR count). The molecule has 2 amide bonds. The summed E-state index contributed by atoms with van der Waals surface area (Å²) in [5, 5.41) is 4.33. The molecule has 0 spiro atoms. The molecule has 84 valence electrons. The van der Waals surface area contributed by atoms with E-state index >= 15 is 0 Å². The van der Waals surface area contributed by atoms with Crippen molar-refractivity contribution in [1.82, 2.24) is 5.43 Å². The lowest BCUT2D eigenvalue weighted by molar-refractivity contribution is 0.0503. The van der Waals surface area contributed by atoms with Crippen molar-refractivity contribution in [1.29, 1.82) is 0 Å². The smallest absolute Gasteiger partial charge is 0.332 e. The molecule has 0 saturated heterocycles. The van der Waals surface area contributed by atoms with E-state index in [0.29, 0.717) is 5.92 Å². The van der Waals surface area contributed by atoms with Gasteiger partial charge in [0.05, 0.1) is 0 Å². The second kappa shape index (κ2) is 2.15. The average Bonchev–Trinajstić information content (AvgIpc) is 2.72. The molecule has 16 heavy (non-hydrogen) atoms. The Morgan fingerprint density at radius 2 is 1.88 bits per heavy atom. The van der Waals surface area contributed by atoms with Crippen LogP contribution in [0, 0.1) is 47.3 Å². The van der Waals surface area contributed by atoms with Crippen LogP contribution >= 0.6 is 0 Å². The Bertz CT molecular complexity index is 440. The van der Waals surface area contributed by atoms with Crippen LogP contribution in [0.15, 0.2) is 5.10 Å². The summed E-state index contributed by atoms with van der Waals surface area (Å²) in [4.78, 5) is 10.8. The molecule has 8 atom stereocenters. The maximum Gasteiger partial charge on any atom is 0.332 e. The Balaban J connectivity index is 1.60. The highest BCUT2D eigenvalue weighted by Crippen LogP contribution is 2.81. The number of primary amides is 1. The van der Waals surface area contributed by atoms with Crippen LogP contribution in [0.4, 0.5) is 4.79 Å². The van der Waals surface area contributed by atoms with Gasteiger partial charge in [0.1, 0.15) is 0 Å². The summed E-state index contributed by atoms with van der Waals surface area (Å²) >= 11 is 0. The fourth-order valence-electron chi connectivity index (χ4n) is 6.40. The number of hydrazone groups is 1. The Kier molecular flexibility index (Phi) is 1.09. The Morgan fingerprint density at radius 3 is 2.69 bits per heavy atom. The molecule has 3 N–H and O–H groups in total.